The summed E-state index contributed by atoms with van der Waals surface area (Å²) in [5.41, 5.74) is 3.62. The standard InChI is InChI=1S/C26H23N3O4S/c1-17-6-5-7-19(14-17)29-24(31)16-34-26(29)21-8-3-4-9-22(21)28(25(26)32)15-23(30)27-18-10-12-20(33-2)13-11-18/h3-14H,15-16H2,1-2H3,(H,27,30)/t26-/m0/s1. The lowest BCUT2D eigenvalue weighted by molar-refractivity contribution is -0.124. The molecule has 1 saturated heterocycles. The molecule has 2 heterocycles. The van der Waals surface area contributed by atoms with E-state index in [0.29, 0.717) is 22.8 Å². The Hall–Kier alpha value is -3.78. The van der Waals surface area contributed by atoms with E-state index in [2.05, 4.69) is 5.32 Å². The minimum absolute atomic E-state index is 0.136. The van der Waals surface area contributed by atoms with E-state index in [4.69, 9.17) is 4.74 Å². The zero-order chi connectivity index (χ0) is 23.9. The van der Waals surface area contributed by atoms with Gasteiger partial charge in [0.05, 0.1) is 18.6 Å². The highest BCUT2D eigenvalue weighted by Gasteiger charge is 2.61. The van der Waals surface area contributed by atoms with E-state index in [1.807, 2.05) is 55.5 Å². The lowest BCUT2D eigenvalue weighted by Gasteiger charge is -2.33. The summed E-state index contributed by atoms with van der Waals surface area (Å²) in [7, 11) is 1.58. The number of ether oxygens (including phenoxy) is 1. The molecule has 3 amide bonds. The van der Waals surface area contributed by atoms with Gasteiger partial charge in [-0.15, -0.1) is 11.8 Å². The fraction of sp³-hybridized carbons (Fsp3) is 0.192. The van der Waals surface area contributed by atoms with Crippen molar-refractivity contribution in [2.75, 3.05) is 34.5 Å². The highest BCUT2D eigenvalue weighted by atomic mass is 32.2. The molecule has 0 saturated carbocycles. The molecule has 7 nitrogen and oxygen atoms in total. The first-order chi connectivity index (χ1) is 16.4. The van der Waals surface area contributed by atoms with Gasteiger partial charge in [-0.1, -0.05) is 30.3 Å². The number of para-hydroxylation sites is 1. The fourth-order valence-corrected chi connectivity index (χ4v) is 5.86. The molecule has 0 unspecified atom stereocenters. The second kappa shape index (κ2) is 8.53. The van der Waals surface area contributed by atoms with Gasteiger partial charge in [0.2, 0.25) is 16.7 Å². The molecule has 1 N–H and O–H groups in total. The Labute approximate surface area is 201 Å². The molecule has 172 valence electrons. The first kappa shape index (κ1) is 22.0. The number of hydrogen-bond donors (Lipinski definition) is 1. The van der Waals surface area contributed by atoms with Crippen LogP contribution in [0.4, 0.5) is 17.1 Å². The van der Waals surface area contributed by atoms with Crippen LogP contribution in [0.5, 0.6) is 5.75 Å². The summed E-state index contributed by atoms with van der Waals surface area (Å²) in [6.07, 6.45) is 0. The van der Waals surface area contributed by atoms with Crippen LogP contribution in [0.1, 0.15) is 11.1 Å². The van der Waals surface area contributed by atoms with Crippen LogP contribution in [0, 0.1) is 6.92 Å². The number of carbonyl (C=O) groups is 3. The third kappa shape index (κ3) is 3.51. The van der Waals surface area contributed by atoms with Gasteiger partial charge in [0, 0.05) is 16.9 Å². The van der Waals surface area contributed by atoms with Crippen LogP contribution in [0.25, 0.3) is 0 Å². The average molecular weight is 474 g/mol. The summed E-state index contributed by atoms with van der Waals surface area (Å²) in [6.45, 7) is 1.78. The number of anilines is 3. The maximum atomic E-state index is 14.0. The Kier molecular flexibility index (Phi) is 5.53. The van der Waals surface area contributed by atoms with E-state index in [9.17, 15) is 14.4 Å². The van der Waals surface area contributed by atoms with Crippen molar-refractivity contribution in [3.05, 3.63) is 83.9 Å². The van der Waals surface area contributed by atoms with Crippen molar-refractivity contribution < 1.29 is 19.1 Å². The molecule has 2 aliphatic heterocycles. The second-order valence-corrected chi connectivity index (χ2v) is 9.35. The number of rotatable bonds is 5. The molecule has 8 heteroatoms. The third-order valence-corrected chi connectivity index (χ3v) is 7.39. The third-order valence-electron chi connectivity index (χ3n) is 6.00. The van der Waals surface area contributed by atoms with Crippen LogP contribution >= 0.6 is 11.8 Å². The number of methoxy groups -OCH3 is 1. The van der Waals surface area contributed by atoms with Crippen molar-refractivity contribution in [2.45, 2.75) is 11.8 Å². The van der Waals surface area contributed by atoms with Crippen molar-refractivity contribution in [1.29, 1.82) is 0 Å². The minimum Gasteiger partial charge on any atom is -0.497 e. The minimum atomic E-state index is -1.23. The normalized spacial score (nSPS) is 19.0. The number of thioether (sulfide) groups is 1. The number of nitrogens with one attached hydrogen (secondary N) is 1. The molecule has 3 aromatic carbocycles. The molecule has 1 spiro atoms. The monoisotopic (exact) mass is 473 g/mol. The van der Waals surface area contributed by atoms with Crippen molar-refractivity contribution in [3.8, 4) is 5.75 Å². The van der Waals surface area contributed by atoms with Crippen molar-refractivity contribution >= 4 is 46.5 Å². The van der Waals surface area contributed by atoms with Gasteiger partial charge < -0.3 is 10.1 Å². The van der Waals surface area contributed by atoms with Gasteiger partial charge in [-0.25, -0.2) is 0 Å². The molecule has 0 radical (unpaired) electrons. The number of nitrogens with zero attached hydrogens (tertiary/aromatic N) is 2. The van der Waals surface area contributed by atoms with E-state index < -0.39 is 4.87 Å². The second-order valence-electron chi connectivity index (χ2n) is 8.19. The molecule has 0 aromatic heterocycles. The Morgan fingerprint density at radius 3 is 2.56 bits per heavy atom. The van der Waals surface area contributed by atoms with E-state index in [0.717, 1.165) is 11.1 Å². The summed E-state index contributed by atoms with van der Waals surface area (Å²) in [6, 6.07) is 21.9. The predicted octanol–water partition coefficient (Wildman–Crippen LogP) is 3.92. The molecular formula is C26H23N3O4S. The smallest absolute Gasteiger partial charge is 0.269 e. The molecule has 0 aliphatic carbocycles. The quantitative estimate of drug-likeness (QED) is 0.608. The predicted molar refractivity (Wildman–Crippen MR) is 133 cm³/mol. The Bertz CT molecular complexity index is 1290. The summed E-state index contributed by atoms with van der Waals surface area (Å²) >= 11 is 1.30. The summed E-state index contributed by atoms with van der Waals surface area (Å²) in [5.74, 6) is 0.101. The van der Waals surface area contributed by atoms with E-state index in [-0.39, 0.29) is 30.0 Å². The lowest BCUT2D eigenvalue weighted by atomic mass is 10.0. The van der Waals surface area contributed by atoms with Gasteiger partial charge in [-0.3, -0.25) is 24.2 Å². The largest absolute Gasteiger partial charge is 0.497 e. The van der Waals surface area contributed by atoms with Crippen molar-refractivity contribution in [2.24, 2.45) is 0 Å². The van der Waals surface area contributed by atoms with Crippen LogP contribution in [0.2, 0.25) is 0 Å². The molecule has 1 fully saturated rings. The number of carbonyl (C=O) groups excluding carboxylic acids is 3. The van der Waals surface area contributed by atoms with Crippen LogP contribution in [-0.4, -0.2) is 37.1 Å². The zero-order valence-electron chi connectivity index (χ0n) is 18.8. The van der Waals surface area contributed by atoms with E-state index >= 15 is 0 Å². The van der Waals surface area contributed by atoms with E-state index in [1.54, 1.807) is 36.3 Å². The summed E-state index contributed by atoms with van der Waals surface area (Å²) in [5, 5.41) is 2.83. The summed E-state index contributed by atoms with van der Waals surface area (Å²) < 4.78 is 5.15. The van der Waals surface area contributed by atoms with Crippen molar-refractivity contribution in [3.63, 3.8) is 0 Å². The Balaban J connectivity index is 1.48. The van der Waals surface area contributed by atoms with Gasteiger partial charge in [0.1, 0.15) is 12.3 Å². The SMILES string of the molecule is COc1ccc(NC(=O)CN2C(=O)[C@@]3(SCC(=O)N3c3cccc(C)c3)c3ccccc32)cc1. The molecular weight excluding hydrogens is 450 g/mol. The molecule has 1 atom stereocenters. The lowest BCUT2D eigenvalue weighted by Crippen LogP contribution is -2.50. The average Bonchev–Trinajstić information content (AvgIpc) is 3.30. The van der Waals surface area contributed by atoms with Crippen LogP contribution in [-0.2, 0) is 19.3 Å². The van der Waals surface area contributed by atoms with Crippen LogP contribution < -0.4 is 19.9 Å². The van der Waals surface area contributed by atoms with Gasteiger partial charge in [0.15, 0.2) is 0 Å². The maximum Gasteiger partial charge on any atom is 0.269 e. The molecule has 5 rings (SSSR count). The van der Waals surface area contributed by atoms with Crippen molar-refractivity contribution in [1.82, 2.24) is 0 Å². The molecule has 34 heavy (non-hydrogen) atoms. The Morgan fingerprint density at radius 1 is 1.06 bits per heavy atom. The van der Waals surface area contributed by atoms with Gasteiger partial charge >= 0.3 is 0 Å². The highest BCUT2D eigenvalue weighted by molar-refractivity contribution is 8.02. The van der Waals surface area contributed by atoms with Gasteiger partial charge in [-0.05, 0) is 55.0 Å². The highest BCUT2D eigenvalue weighted by Crippen LogP contribution is 2.55. The number of benzene rings is 3. The Morgan fingerprint density at radius 2 is 1.82 bits per heavy atom. The van der Waals surface area contributed by atoms with Crippen LogP contribution in [0.3, 0.4) is 0 Å². The molecule has 3 aromatic rings. The first-order valence-corrected chi connectivity index (χ1v) is 11.8. The molecule has 2 aliphatic rings. The van der Waals surface area contributed by atoms with Crippen LogP contribution in [0.15, 0.2) is 72.8 Å². The zero-order valence-corrected chi connectivity index (χ0v) is 19.6. The van der Waals surface area contributed by atoms with Gasteiger partial charge in [0.25, 0.3) is 5.91 Å². The number of aryl methyl sites for hydroxylation is 1. The maximum absolute atomic E-state index is 14.0. The summed E-state index contributed by atoms with van der Waals surface area (Å²) in [4.78, 5) is 41.8. The fourth-order valence-electron chi connectivity index (χ4n) is 4.50. The number of fused-ring (bicyclic) bond motifs is 2. The topological polar surface area (TPSA) is 79.0 Å². The van der Waals surface area contributed by atoms with E-state index in [1.165, 1.54) is 16.7 Å². The number of amides is 3. The first-order valence-electron chi connectivity index (χ1n) is 10.8. The van der Waals surface area contributed by atoms with Gasteiger partial charge in [-0.2, -0.15) is 0 Å². The molecule has 0 bridgehead atoms. The number of hydrogen-bond acceptors (Lipinski definition) is 5.